The molecule has 0 saturated carbocycles. The maximum absolute atomic E-state index is 13.6. The quantitative estimate of drug-likeness (QED) is 0.272. The van der Waals surface area contributed by atoms with Crippen LogP contribution < -0.4 is 14.8 Å². The summed E-state index contributed by atoms with van der Waals surface area (Å²) in [5, 5.41) is 6.39. The second-order valence-electron chi connectivity index (χ2n) is 9.33. The van der Waals surface area contributed by atoms with Crippen molar-refractivity contribution in [3.05, 3.63) is 83.5 Å². The molecular weight excluding hydrogens is 470 g/mol. The van der Waals surface area contributed by atoms with Gasteiger partial charge in [0, 0.05) is 42.2 Å². The second kappa shape index (κ2) is 9.84. The van der Waals surface area contributed by atoms with Gasteiger partial charge in [-0.3, -0.25) is 4.79 Å². The molecule has 1 fully saturated rings. The molecule has 1 N–H and O–H groups in total. The number of rotatable bonds is 9. The Morgan fingerprint density at radius 2 is 1.86 bits per heavy atom. The highest BCUT2D eigenvalue weighted by Gasteiger charge is 2.21. The topological polar surface area (TPSA) is 57.4 Å². The number of para-hydroxylation sites is 1. The Bertz CT molecular complexity index is 1510. The van der Waals surface area contributed by atoms with Crippen LogP contribution in [0.2, 0.25) is 0 Å². The number of carbonyl (C=O) groups excluding carboxylic acids is 1. The Kier molecular flexibility index (Phi) is 6.25. The molecule has 184 valence electrons. The molecule has 5 aromatic rings. The number of benzene rings is 2. The fraction of sp³-hybridized carbons (Fsp3) is 0.276. The number of aryl methyl sites for hydroxylation is 1. The first-order valence-corrected chi connectivity index (χ1v) is 13.3. The first-order chi connectivity index (χ1) is 17.7. The molecule has 1 unspecified atom stereocenters. The lowest BCUT2D eigenvalue weighted by molar-refractivity contribution is 0.103. The summed E-state index contributed by atoms with van der Waals surface area (Å²) < 4.78 is 17.2. The average molecular weight is 500 g/mol. The highest BCUT2D eigenvalue weighted by atomic mass is 32.1. The molecule has 6 nitrogen and oxygen atoms in total. The van der Waals surface area contributed by atoms with Gasteiger partial charge < -0.3 is 23.9 Å². The Labute approximate surface area is 214 Å². The summed E-state index contributed by atoms with van der Waals surface area (Å²) in [5.41, 5.74) is 3.55. The molecule has 0 spiro atoms. The molecule has 1 atom stereocenters. The maximum Gasteiger partial charge on any atom is 0.211 e. The zero-order chi connectivity index (χ0) is 24.5. The summed E-state index contributed by atoms with van der Waals surface area (Å²) in [6, 6.07) is 19.9. The van der Waals surface area contributed by atoms with E-state index in [1.165, 1.54) is 6.42 Å². The third kappa shape index (κ3) is 4.40. The zero-order valence-corrected chi connectivity index (χ0v) is 21.1. The fourth-order valence-electron chi connectivity index (χ4n) is 4.98. The number of hydrogen-bond donors (Lipinski definition) is 1. The first-order valence-electron chi connectivity index (χ1n) is 12.4. The highest BCUT2D eigenvalue weighted by molar-refractivity contribution is 7.17. The SMILES string of the molecule is Cn1c(C(=O)c2cn(CCOc3ccc(OCC4CCNC4)cc3)c3ccccc23)cc2sccc21. The molecule has 1 aliphatic heterocycles. The Morgan fingerprint density at radius 1 is 1.06 bits per heavy atom. The molecule has 6 rings (SSSR count). The van der Waals surface area contributed by atoms with Crippen LogP contribution in [0.4, 0.5) is 0 Å². The lowest BCUT2D eigenvalue weighted by Crippen LogP contribution is -2.15. The molecule has 4 heterocycles. The van der Waals surface area contributed by atoms with Crippen molar-refractivity contribution in [2.24, 2.45) is 13.0 Å². The smallest absolute Gasteiger partial charge is 0.211 e. The van der Waals surface area contributed by atoms with E-state index in [9.17, 15) is 4.79 Å². The van der Waals surface area contributed by atoms with Crippen molar-refractivity contribution in [3.8, 4) is 11.5 Å². The Balaban J connectivity index is 1.14. The molecular formula is C29H29N3O3S. The number of aromatic nitrogens is 2. The van der Waals surface area contributed by atoms with Gasteiger partial charge in [0.1, 0.15) is 18.1 Å². The molecule has 7 heteroatoms. The minimum atomic E-state index is 0.0424. The van der Waals surface area contributed by atoms with Gasteiger partial charge in [-0.1, -0.05) is 18.2 Å². The van der Waals surface area contributed by atoms with Gasteiger partial charge in [0.05, 0.1) is 29.1 Å². The van der Waals surface area contributed by atoms with Gasteiger partial charge in [0.15, 0.2) is 0 Å². The number of carbonyl (C=O) groups is 1. The fourth-order valence-corrected chi connectivity index (χ4v) is 5.83. The number of fused-ring (bicyclic) bond motifs is 2. The van der Waals surface area contributed by atoms with Crippen LogP contribution in [0.15, 0.2) is 72.2 Å². The van der Waals surface area contributed by atoms with Gasteiger partial charge >= 0.3 is 0 Å². The summed E-state index contributed by atoms with van der Waals surface area (Å²) in [5.74, 6) is 2.31. The van der Waals surface area contributed by atoms with E-state index in [2.05, 4.69) is 27.4 Å². The van der Waals surface area contributed by atoms with Crippen molar-refractivity contribution in [2.75, 3.05) is 26.3 Å². The van der Waals surface area contributed by atoms with E-state index >= 15 is 0 Å². The largest absolute Gasteiger partial charge is 0.493 e. The third-order valence-corrected chi connectivity index (χ3v) is 7.86. The zero-order valence-electron chi connectivity index (χ0n) is 20.3. The van der Waals surface area contributed by atoms with E-state index in [4.69, 9.17) is 9.47 Å². The number of ether oxygens (including phenoxy) is 2. The van der Waals surface area contributed by atoms with E-state index in [0.717, 1.165) is 57.9 Å². The molecule has 3 aromatic heterocycles. The van der Waals surface area contributed by atoms with E-state index in [-0.39, 0.29) is 5.78 Å². The van der Waals surface area contributed by atoms with Gasteiger partial charge in [0.2, 0.25) is 5.78 Å². The van der Waals surface area contributed by atoms with Crippen molar-refractivity contribution in [3.63, 3.8) is 0 Å². The van der Waals surface area contributed by atoms with Crippen molar-refractivity contribution >= 4 is 38.2 Å². The minimum absolute atomic E-state index is 0.0424. The molecule has 0 bridgehead atoms. The van der Waals surface area contributed by atoms with Crippen LogP contribution in [0.5, 0.6) is 11.5 Å². The normalized spacial score (nSPS) is 15.6. The van der Waals surface area contributed by atoms with Gasteiger partial charge in [-0.25, -0.2) is 0 Å². The standard InChI is InChI=1S/C29H29N3O3S/c1-31-26-11-15-36-28(26)16-27(31)29(33)24-18-32(25-5-3-2-4-23(24)25)13-14-34-21-6-8-22(9-7-21)35-19-20-10-12-30-17-20/h2-9,11,15-16,18,20,30H,10,12-14,17,19H2,1H3. The number of nitrogens with zero attached hydrogens (tertiary/aromatic N) is 2. The van der Waals surface area contributed by atoms with Crippen LogP contribution >= 0.6 is 11.3 Å². The summed E-state index contributed by atoms with van der Waals surface area (Å²) >= 11 is 1.66. The highest BCUT2D eigenvalue weighted by Crippen LogP contribution is 2.29. The lowest BCUT2D eigenvalue weighted by atomic mass is 10.1. The van der Waals surface area contributed by atoms with Gasteiger partial charge in [-0.05, 0) is 60.8 Å². The van der Waals surface area contributed by atoms with E-state index in [1.54, 1.807) is 11.3 Å². The van der Waals surface area contributed by atoms with Crippen LogP contribution in [0.25, 0.3) is 21.1 Å². The van der Waals surface area contributed by atoms with Crippen LogP contribution in [0.3, 0.4) is 0 Å². The van der Waals surface area contributed by atoms with Crippen molar-refractivity contribution < 1.29 is 14.3 Å². The van der Waals surface area contributed by atoms with Gasteiger partial charge in [-0.2, -0.15) is 0 Å². The van der Waals surface area contributed by atoms with Gasteiger partial charge in [0.25, 0.3) is 0 Å². The predicted molar refractivity (Wildman–Crippen MR) is 145 cm³/mol. The average Bonchev–Trinajstić information content (AvgIpc) is 3.70. The Hall–Kier alpha value is -3.55. The molecule has 0 aliphatic carbocycles. The van der Waals surface area contributed by atoms with E-state index in [1.807, 2.05) is 66.3 Å². The second-order valence-corrected chi connectivity index (χ2v) is 10.3. The number of ketones is 1. The number of thiophene rings is 1. The summed E-state index contributed by atoms with van der Waals surface area (Å²) in [4.78, 5) is 13.6. The summed E-state index contributed by atoms with van der Waals surface area (Å²) in [6.07, 6.45) is 3.14. The van der Waals surface area contributed by atoms with Gasteiger partial charge in [-0.15, -0.1) is 11.3 Å². The van der Waals surface area contributed by atoms with Crippen LogP contribution in [0, 0.1) is 5.92 Å². The molecule has 0 amide bonds. The van der Waals surface area contributed by atoms with Crippen LogP contribution in [0.1, 0.15) is 22.5 Å². The van der Waals surface area contributed by atoms with Crippen LogP contribution in [-0.4, -0.2) is 41.2 Å². The lowest BCUT2D eigenvalue weighted by Gasteiger charge is -2.12. The van der Waals surface area contributed by atoms with Crippen molar-refractivity contribution in [1.29, 1.82) is 0 Å². The molecule has 2 aromatic carbocycles. The third-order valence-electron chi connectivity index (χ3n) is 7.00. The monoisotopic (exact) mass is 499 g/mol. The molecule has 1 aliphatic rings. The number of nitrogens with one attached hydrogen (secondary N) is 1. The van der Waals surface area contributed by atoms with E-state index in [0.29, 0.717) is 24.8 Å². The van der Waals surface area contributed by atoms with E-state index < -0.39 is 0 Å². The number of hydrogen-bond acceptors (Lipinski definition) is 5. The Morgan fingerprint density at radius 3 is 2.64 bits per heavy atom. The van der Waals surface area contributed by atoms with Crippen LogP contribution in [-0.2, 0) is 13.6 Å². The molecule has 1 saturated heterocycles. The molecule has 36 heavy (non-hydrogen) atoms. The van der Waals surface area contributed by atoms with Crippen molar-refractivity contribution in [2.45, 2.75) is 13.0 Å². The van der Waals surface area contributed by atoms with Crippen molar-refractivity contribution in [1.82, 2.24) is 14.5 Å². The maximum atomic E-state index is 13.6. The predicted octanol–water partition coefficient (Wildman–Crippen LogP) is 5.49. The summed E-state index contributed by atoms with van der Waals surface area (Å²) in [7, 11) is 1.96. The minimum Gasteiger partial charge on any atom is -0.493 e. The summed E-state index contributed by atoms with van der Waals surface area (Å²) in [6.45, 7) is 4.00. The molecule has 0 radical (unpaired) electrons. The first kappa shape index (κ1) is 22.9.